The van der Waals surface area contributed by atoms with Crippen molar-refractivity contribution in [2.75, 3.05) is 0 Å². The summed E-state index contributed by atoms with van der Waals surface area (Å²) in [6.45, 7) is 0.351. The van der Waals surface area contributed by atoms with Crippen molar-refractivity contribution in [1.29, 1.82) is 0 Å². The summed E-state index contributed by atoms with van der Waals surface area (Å²) >= 11 is 9.24. The second kappa shape index (κ2) is 5.52. The summed E-state index contributed by atoms with van der Waals surface area (Å²) in [5.41, 5.74) is 0.894. The van der Waals surface area contributed by atoms with Gasteiger partial charge in [-0.1, -0.05) is 29.8 Å². The fraction of sp³-hybridized carbons (Fsp3) is 0.0769. The zero-order valence-electron chi connectivity index (χ0n) is 8.79. The van der Waals surface area contributed by atoms with Gasteiger partial charge in [-0.15, -0.1) is 0 Å². The van der Waals surface area contributed by atoms with E-state index in [-0.39, 0.29) is 5.82 Å². The average molecular weight is 316 g/mol. The minimum absolute atomic E-state index is 0.304. The highest BCUT2D eigenvalue weighted by atomic mass is 79.9. The molecule has 2 aromatic rings. The normalized spacial score (nSPS) is 10.3. The van der Waals surface area contributed by atoms with Gasteiger partial charge in [-0.25, -0.2) is 4.39 Å². The Hall–Kier alpha value is -1.06. The van der Waals surface area contributed by atoms with Crippen molar-refractivity contribution in [3.63, 3.8) is 0 Å². The Morgan fingerprint density at radius 1 is 1.18 bits per heavy atom. The topological polar surface area (TPSA) is 9.23 Å². The Kier molecular flexibility index (Phi) is 4.02. The molecule has 0 radical (unpaired) electrons. The molecular formula is C13H9BrClFO. The van der Waals surface area contributed by atoms with Gasteiger partial charge in [-0.05, 0) is 40.2 Å². The maximum atomic E-state index is 12.9. The van der Waals surface area contributed by atoms with Crippen LogP contribution in [0.25, 0.3) is 0 Å². The van der Waals surface area contributed by atoms with Gasteiger partial charge in [0.25, 0.3) is 0 Å². The Labute approximate surface area is 112 Å². The van der Waals surface area contributed by atoms with E-state index < -0.39 is 0 Å². The van der Waals surface area contributed by atoms with Gasteiger partial charge < -0.3 is 4.74 Å². The first kappa shape index (κ1) is 12.4. The summed E-state index contributed by atoms with van der Waals surface area (Å²) in [7, 11) is 0. The van der Waals surface area contributed by atoms with Gasteiger partial charge in [0.1, 0.15) is 18.2 Å². The molecule has 0 aliphatic heterocycles. The molecule has 2 rings (SSSR count). The SMILES string of the molecule is Fc1ccc(OCc2ccccc2Cl)c(Br)c1. The fourth-order valence-electron chi connectivity index (χ4n) is 1.36. The number of hydrogen-bond acceptors (Lipinski definition) is 1. The molecule has 4 heteroatoms. The van der Waals surface area contributed by atoms with E-state index in [4.69, 9.17) is 16.3 Å². The van der Waals surface area contributed by atoms with E-state index in [0.717, 1.165) is 5.56 Å². The fourth-order valence-corrected chi connectivity index (χ4v) is 2.02. The summed E-state index contributed by atoms with van der Waals surface area (Å²) in [6, 6.07) is 11.7. The van der Waals surface area contributed by atoms with Crippen LogP contribution in [0.1, 0.15) is 5.56 Å². The zero-order valence-corrected chi connectivity index (χ0v) is 11.1. The number of rotatable bonds is 3. The van der Waals surface area contributed by atoms with E-state index in [1.807, 2.05) is 18.2 Å². The summed E-state index contributed by atoms with van der Waals surface area (Å²) in [6.07, 6.45) is 0. The second-order valence-electron chi connectivity index (χ2n) is 3.45. The standard InChI is InChI=1S/C13H9BrClFO/c14-11-7-10(16)5-6-13(11)17-8-9-3-1-2-4-12(9)15/h1-7H,8H2. The molecule has 1 nitrogen and oxygen atoms in total. The lowest BCUT2D eigenvalue weighted by atomic mass is 10.2. The molecule has 0 saturated heterocycles. The number of halogens is 3. The number of hydrogen-bond donors (Lipinski definition) is 0. The smallest absolute Gasteiger partial charge is 0.134 e. The van der Waals surface area contributed by atoms with Crippen LogP contribution >= 0.6 is 27.5 Å². The average Bonchev–Trinajstić information content (AvgIpc) is 2.30. The van der Waals surface area contributed by atoms with Crippen LogP contribution in [0.3, 0.4) is 0 Å². The van der Waals surface area contributed by atoms with Crippen molar-refractivity contribution in [3.8, 4) is 5.75 Å². The lowest BCUT2D eigenvalue weighted by molar-refractivity contribution is 0.304. The predicted molar refractivity (Wildman–Crippen MR) is 69.9 cm³/mol. The molecule has 0 aliphatic rings. The third kappa shape index (κ3) is 3.20. The minimum Gasteiger partial charge on any atom is -0.488 e. The molecule has 0 aliphatic carbocycles. The van der Waals surface area contributed by atoms with Crippen molar-refractivity contribution in [3.05, 3.63) is 63.3 Å². The van der Waals surface area contributed by atoms with Gasteiger partial charge in [0.15, 0.2) is 0 Å². The lowest BCUT2D eigenvalue weighted by Gasteiger charge is -2.09. The summed E-state index contributed by atoms with van der Waals surface area (Å²) < 4.78 is 19.0. The largest absolute Gasteiger partial charge is 0.488 e. The molecule has 0 heterocycles. The molecule has 2 aromatic carbocycles. The minimum atomic E-state index is -0.304. The van der Waals surface area contributed by atoms with Crippen LogP contribution < -0.4 is 4.74 Å². The second-order valence-corrected chi connectivity index (χ2v) is 4.72. The quantitative estimate of drug-likeness (QED) is 0.789. The molecule has 0 spiro atoms. The van der Waals surface area contributed by atoms with Crippen molar-refractivity contribution in [2.45, 2.75) is 6.61 Å². The van der Waals surface area contributed by atoms with Crippen LogP contribution in [0.15, 0.2) is 46.9 Å². The summed E-state index contributed by atoms with van der Waals surface area (Å²) in [4.78, 5) is 0. The van der Waals surface area contributed by atoms with Crippen LogP contribution in [0.2, 0.25) is 5.02 Å². The van der Waals surface area contributed by atoms with Crippen LogP contribution in [-0.2, 0) is 6.61 Å². The molecule has 88 valence electrons. The van der Waals surface area contributed by atoms with Crippen LogP contribution in [0, 0.1) is 5.82 Å². The highest BCUT2D eigenvalue weighted by Crippen LogP contribution is 2.27. The van der Waals surface area contributed by atoms with Gasteiger partial charge in [0.05, 0.1) is 4.47 Å². The van der Waals surface area contributed by atoms with Crippen molar-refractivity contribution in [2.24, 2.45) is 0 Å². The first-order valence-corrected chi connectivity index (χ1v) is 6.15. The maximum Gasteiger partial charge on any atom is 0.134 e. The molecular weight excluding hydrogens is 306 g/mol. The van der Waals surface area contributed by atoms with Crippen molar-refractivity contribution in [1.82, 2.24) is 0 Å². The van der Waals surface area contributed by atoms with E-state index >= 15 is 0 Å². The molecule has 0 saturated carbocycles. The molecule has 0 fully saturated rings. The molecule has 0 amide bonds. The van der Waals surface area contributed by atoms with E-state index in [9.17, 15) is 4.39 Å². The van der Waals surface area contributed by atoms with Gasteiger partial charge >= 0.3 is 0 Å². The molecule has 0 N–H and O–H groups in total. The van der Waals surface area contributed by atoms with E-state index in [1.165, 1.54) is 12.1 Å². The predicted octanol–water partition coefficient (Wildman–Crippen LogP) is 4.82. The Balaban J connectivity index is 2.10. The molecule has 0 unspecified atom stereocenters. The third-order valence-corrected chi connectivity index (χ3v) is 3.22. The Morgan fingerprint density at radius 2 is 1.94 bits per heavy atom. The number of ether oxygens (including phenoxy) is 1. The lowest BCUT2D eigenvalue weighted by Crippen LogP contribution is -1.96. The number of benzene rings is 2. The third-order valence-electron chi connectivity index (χ3n) is 2.23. The summed E-state index contributed by atoms with van der Waals surface area (Å²) in [5.74, 6) is 0.285. The van der Waals surface area contributed by atoms with Crippen LogP contribution in [0.4, 0.5) is 4.39 Å². The van der Waals surface area contributed by atoms with E-state index in [0.29, 0.717) is 21.9 Å². The highest BCUT2D eigenvalue weighted by molar-refractivity contribution is 9.10. The Bertz CT molecular complexity index is 531. The molecule has 0 atom stereocenters. The highest BCUT2D eigenvalue weighted by Gasteiger charge is 2.04. The maximum absolute atomic E-state index is 12.9. The first-order chi connectivity index (χ1) is 8.16. The monoisotopic (exact) mass is 314 g/mol. The zero-order chi connectivity index (χ0) is 12.3. The van der Waals surface area contributed by atoms with Crippen LogP contribution in [0.5, 0.6) is 5.75 Å². The van der Waals surface area contributed by atoms with Crippen molar-refractivity contribution < 1.29 is 9.13 Å². The van der Waals surface area contributed by atoms with E-state index in [1.54, 1.807) is 12.1 Å². The van der Waals surface area contributed by atoms with E-state index in [2.05, 4.69) is 15.9 Å². The first-order valence-electron chi connectivity index (χ1n) is 4.98. The van der Waals surface area contributed by atoms with Crippen molar-refractivity contribution >= 4 is 27.5 Å². The molecule has 17 heavy (non-hydrogen) atoms. The van der Waals surface area contributed by atoms with Gasteiger partial charge in [-0.2, -0.15) is 0 Å². The van der Waals surface area contributed by atoms with Gasteiger partial charge in [-0.3, -0.25) is 0 Å². The summed E-state index contributed by atoms with van der Waals surface area (Å²) in [5, 5.41) is 0.658. The van der Waals surface area contributed by atoms with Gasteiger partial charge in [0.2, 0.25) is 0 Å². The van der Waals surface area contributed by atoms with Crippen LogP contribution in [-0.4, -0.2) is 0 Å². The molecule has 0 bridgehead atoms. The van der Waals surface area contributed by atoms with Gasteiger partial charge in [0, 0.05) is 10.6 Å². The molecule has 0 aromatic heterocycles. The Morgan fingerprint density at radius 3 is 2.65 bits per heavy atom.